The molecule has 0 spiro atoms. The number of hydrogen-bond acceptors (Lipinski definition) is 4. The van der Waals surface area contributed by atoms with E-state index in [-0.39, 0.29) is 0 Å². The Balaban J connectivity index is 1.19. The maximum atomic E-state index is 6.25. The molecule has 0 bridgehead atoms. The van der Waals surface area contributed by atoms with E-state index in [0.717, 1.165) is 49.4 Å². The Kier molecular flexibility index (Phi) is 6.15. The third-order valence-electron chi connectivity index (χ3n) is 9.49. The Bertz CT molecular complexity index is 2890. The van der Waals surface area contributed by atoms with Crippen molar-refractivity contribution in [2.75, 3.05) is 0 Å². The number of fused-ring (bicyclic) bond motifs is 7. The summed E-state index contributed by atoms with van der Waals surface area (Å²) in [4.78, 5) is 15.5. The standard InChI is InChI=1S/C45H27N3O/c1-2-9-28(10-3-1)31-20-21-33-26-34(24-22-32(33)25-31)43-46-44(35-23-19-30-18-17-29-11-4-5-12-36(29)39(30)27-35)48-45(47-43)38-14-8-16-41-42(38)37-13-6-7-15-40(37)49-41/h1-27H. The average Bonchev–Trinajstić information content (AvgIpc) is 3.56. The van der Waals surface area contributed by atoms with Gasteiger partial charge < -0.3 is 4.42 Å². The number of benzene rings is 8. The fraction of sp³-hybridized carbons (Fsp3) is 0. The van der Waals surface area contributed by atoms with E-state index in [4.69, 9.17) is 19.4 Å². The fourth-order valence-corrected chi connectivity index (χ4v) is 7.05. The monoisotopic (exact) mass is 625 g/mol. The van der Waals surface area contributed by atoms with Crippen LogP contribution in [0.5, 0.6) is 0 Å². The Hall–Kier alpha value is -6.65. The first-order valence-electron chi connectivity index (χ1n) is 16.4. The van der Waals surface area contributed by atoms with Crippen LogP contribution in [0.15, 0.2) is 168 Å². The predicted octanol–water partition coefficient (Wildman–Crippen LogP) is 11.9. The molecule has 0 aliphatic heterocycles. The first-order valence-corrected chi connectivity index (χ1v) is 16.4. The van der Waals surface area contributed by atoms with Gasteiger partial charge in [-0.1, -0.05) is 133 Å². The lowest BCUT2D eigenvalue weighted by atomic mass is 9.99. The highest BCUT2D eigenvalue weighted by Crippen LogP contribution is 2.37. The lowest BCUT2D eigenvalue weighted by molar-refractivity contribution is 0.669. The first-order chi connectivity index (χ1) is 24.2. The number of aromatic nitrogens is 3. The molecule has 0 aliphatic carbocycles. The minimum Gasteiger partial charge on any atom is -0.456 e. The zero-order valence-corrected chi connectivity index (χ0v) is 26.3. The summed E-state index contributed by atoms with van der Waals surface area (Å²) in [5, 5.41) is 9.07. The molecular formula is C45H27N3O. The molecule has 228 valence electrons. The van der Waals surface area contributed by atoms with Crippen LogP contribution in [0.1, 0.15) is 0 Å². The molecule has 0 saturated carbocycles. The predicted molar refractivity (Wildman–Crippen MR) is 201 cm³/mol. The van der Waals surface area contributed by atoms with Crippen molar-refractivity contribution >= 4 is 54.3 Å². The topological polar surface area (TPSA) is 51.8 Å². The van der Waals surface area contributed by atoms with E-state index in [0.29, 0.717) is 17.5 Å². The molecule has 0 atom stereocenters. The van der Waals surface area contributed by atoms with Gasteiger partial charge in [-0.05, 0) is 73.8 Å². The second-order valence-corrected chi connectivity index (χ2v) is 12.4. The van der Waals surface area contributed by atoms with E-state index in [1.54, 1.807) is 0 Å². The molecule has 2 heterocycles. The Morgan fingerprint density at radius 2 is 0.898 bits per heavy atom. The van der Waals surface area contributed by atoms with Crippen molar-refractivity contribution in [1.29, 1.82) is 0 Å². The van der Waals surface area contributed by atoms with Crippen LogP contribution in [0, 0.1) is 0 Å². The van der Waals surface area contributed by atoms with E-state index < -0.39 is 0 Å². The van der Waals surface area contributed by atoms with E-state index in [1.165, 1.54) is 32.7 Å². The number of para-hydroxylation sites is 1. The smallest absolute Gasteiger partial charge is 0.164 e. The molecule has 0 unspecified atom stereocenters. The van der Waals surface area contributed by atoms with Crippen molar-refractivity contribution in [3.8, 4) is 45.3 Å². The summed E-state index contributed by atoms with van der Waals surface area (Å²) in [5.41, 5.74) is 6.81. The molecule has 0 aliphatic rings. The first kappa shape index (κ1) is 27.5. The second-order valence-electron chi connectivity index (χ2n) is 12.4. The van der Waals surface area contributed by atoms with Gasteiger partial charge in [-0.3, -0.25) is 0 Å². The summed E-state index contributed by atoms with van der Waals surface area (Å²) in [6.07, 6.45) is 0. The summed E-state index contributed by atoms with van der Waals surface area (Å²) >= 11 is 0. The van der Waals surface area contributed by atoms with Crippen LogP contribution in [0.25, 0.3) is 99.5 Å². The highest BCUT2D eigenvalue weighted by Gasteiger charge is 2.18. The van der Waals surface area contributed by atoms with Crippen molar-refractivity contribution in [2.45, 2.75) is 0 Å². The minimum atomic E-state index is 0.606. The van der Waals surface area contributed by atoms with Gasteiger partial charge in [0.1, 0.15) is 11.2 Å². The van der Waals surface area contributed by atoms with Crippen LogP contribution in [0.3, 0.4) is 0 Å². The summed E-state index contributed by atoms with van der Waals surface area (Å²) in [6, 6.07) is 57.0. The van der Waals surface area contributed by atoms with Crippen molar-refractivity contribution < 1.29 is 4.42 Å². The van der Waals surface area contributed by atoms with Gasteiger partial charge in [0, 0.05) is 27.5 Å². The van der Waals surface area contributed by atoms with Gasteiger partial charge in [0.05, 0.1) is 0 Å². The largest absolute Gasteiger partial charge is 0.456 e. The minimum absolute atomic E-state index is 0.606. The Morgan fingerprint density at radius 1 is 0.327 bits per heavy atom. The molecule has 0 N–H and O–H groups in total. The van der Waals surface area contributed by atoms with Crippen molar-refractivity contribution in [2.24, 2.45) is 0 Å². The van der Waals surface area contributed by atoms with E-state index >= 15 is 0 Å². The van der Waals surface area contributed by atoms with Gasteiger partial charge in [-0.15, -0.1) is 0 Å². The third-order valence-corrected chi connectivity index (χ3v) is 9.49. The molecule has 4 nitrogen and oxygen atoms in total. The van der Waals surface area contributed by atoms with Gasteiger partial charge >= 0.3 is 0 Å². The van der Waals surface area contributed by atoms with E-state index in [9.17, 15) is 0 Å². The molecule has 49 heavy (non-hydrogen) atoms. The van der Waals surface area contributed by atoms with Gasteiger partial charge in [-0.25, -0.2) is 15.0 Å². The normalized spacial score (nSPS) is 11.7. The summed E-state index contributed by atoms with van der Waals surface area (Å²) in [5.74, 6) is 1.85. The van der Waals surface area contributed by atoms with E-state index in [2.05, 4.69) is 127 Å². The molecule has 4 heteroatoms. The van der Waals surface area contributed by atoms with Crippen molar-refractivity contribution in [3.63, 3.8) is 0 Å². The quantitative estimate of drug-likeness (QED) is 0.183. The van der Waals surface area contributed by atoms with Crippen molar-refractivity contribution in [3.05, 3.63) is 164 Å². The summed E-state index contributed by atoms with van der Waals surface area (Å²) in [7, 11) is 0. The maximum absolute atomic E-state index is 6.25. The molecule has 0 radical (unpaired) electrons. The molecule has 8 aromatic carbocycles. The number of furan rings is 1. The summed E-state index contributed by atoms with van der Waals surface area (Å²) in [6.45, 7) is 0. The van der Waals surface area contributed by atoms with Gasteiger partial charge in [0.15, 0.2) is 17.5 Å². The molecule has 0 saturated heterocycles. The molecule has 0 fully saturated rings. The average molecular weight is 626 g/mol. The highest BCUT2D eigenvalue weighted by atomic mass is 16.3. The summed E-state index contributed by atoms with van der Waals surface area (Å²) < 4.78 is 6.25. The van der Waals surface area contributed by atoms with Gasteiger partial charge in [-0.2, -0.15) is 0 Å². The lowest BCUT2D eigenvalue weighted by Gasteiger charge is -2.11. The van der Waals surface area contributed by atoms with Crippen LogP contribution >= 0.6 is 0 Å². The molecular weight excluding hydrogens is 599 g/mol. The molecule has 10 rings (SSSR count). The van der Waals surface area contributed by atoms with Crippen LogP contribution in [-0.2, 0) is 0 Å². The lowest BCUT2D eigenvalue weighted by Crippen LogP contribution is -2.00. The number of hydrogen-bond donors (Lipinski definition) is 0. The SMILES string of the molecule is c1ccc(-c2ccc3cc(-c4nc(-c5ccc6ccc7ccccc7c6c5)nc(-c5cccc6oc7ccccc7c56)n4)ccc3c2)cc1. The number of nitrogens with zero attached hydrogens (tertiary/aromatic N) is 3. The molecule has 0 amide bonds. The van der Waals surface area contributed by atoms with Crippen LogP contribution in [0.4, 0.5) is 0 Å². The number of rotatable bonds is 4. The van der Waals surface area contributed by atoms with Crippen LogP contribution in [0.2, 0.25) is 0 Å². The maximum Gasteiger partial charge on any atom is 0.164 e. The van der Waals surface area contributed by atoms with Gasteiger partial charge in [0.25, 0.3) is 0 Å². The van der Waals surface area contributed by atoms with Gasteiger partial charge in [0.2, 0.25) is 0 Å². The molecule has 2 aromatic heterocycles. The molecule has 10 aromatic rings. The zero-order chi connectivity index (χ0) is 32.3. The van der Waals surface area contributed by atoms with Crippen LogP contribution < -0.4 is 0 Å². The van der Waals surface area contributed by atoms with Crippen LogP contribution in [-0.4, -0.2) is 15.0 Å². The third kappa shape index (κ3) is 4.65. The Morgan fingerprint density at radius 3 is 1.71 bits per heavy atom. The van der Waals surface area contributed by atoms with E-state index in [1.807, 2.05) is 36.4 Å². The van der Waals surface area contributed by atoms with Crippen molar-refractivity contribution in [1.82, 2.24) is 15.0 Å². The second kappa shape index (κ2) is 11.0. The highest BCUT2D eigenvalue weighted by molar-refractivity contribution is 6.12. The fourth-order valence-electron chi connectivity index (χ4n) is 7.05. The zero-order valence-electron chi connectivity index (χ0n) is 26.3. The Labute approximate surface area is 282 Å².